The fourth-order valence-electron chi connectivity index (χ4n) is 0.908. The highest BCUT2D eigenvalue weighted by atomic mass is 32.2. The minimum absolute atomic E-state index is 0.144. The number of nitrogens with zero attached hydrogens (tertiary/aromatic N) is 2. The molecule has 1 heterocycles. The van der Waals surface area contributed by atoms with Gasteiger partial charge in [-0.3, -0.25) is 0 Å². The van der Waals surface area contributed by atoms with Crippen molar-refractivity contribution < 1.29 is 4.52 Å². The summed E-state index contributed by atoms with van der Waals surface area (Å²) >= 11 is 1.80. The summed E-state index contributed by atoms with van der Waals surface area (Å²) in [4.78, 5) is 4.31. The number of aromatic nitrogens is 2. The fraction of sp³-hybridized carbons (Fsp3) is 0.800. The van der Waals surface area contributed by atoms with Crippen LogP contribution in [0.3, 0.4) is 0 Å². The van der Waals surface area contributed by atoms with E-state index in [0.29, 0.717) is 12.4 Å². The first-order chi connectivity index (χ1) is 6.92. The quantitative estimate of drug-likeness (QED) is 0.857. The standard InChI is InChI=1S/C10H19N3OS/c1-7(5-11)9-12-8(13-14-9)6-15-10(2,3)4/h7H,5-6,11H2,1-4H3. The Kier molecular flexibility index (Phi) is 4.16. The van der Waals surface area contributed by atoms with Gasteiger partial charge in [0.1, 0.15) is 0 Å². The molecule has 0 aliphatic heterocycles. The van der Waals surface area contributed by atoms with Gasteiger partial charge in [-0.15, -0.1) is 11.8 Å². The van der Waals surface area contributed by atoms with Gasteiger partial charge < -0.3 is 10.3 Å². The van der Waals surface area contributed by atoms with E-state index in [4.69, 9.17) is 10.3 Å². The number of hydrogen-bond acceptors (Lipinski definition) is 5. The lowest BCUT2D eigenvalue weighted by molar-refractivity contribution is 0.357. The van der Waals surface area contributed by atoms with Gasteiger partial charge in [-0.2, -0.15) is 4.98 Å². The van der Waals surface area contributed by atoms with Gasteiger partial charge in [0.15, 0.2) is 5.82 Å². The minimum Gasteiger partial charge on any atom is -0.339 e. The molecule has 0 saturated heterocycles. The van der Waals surface area contributed by atoms with E-state index in [2.05, 4.69) is 30.9 Å². The molecule has 1 aromatic rings. The molecule has 86 valence electrons. The average Bonchev–Trinajstić information content (AvgIpc) is 2.61. The number of nitrogens with two attached hydrogens (primary N) is 1. The Morgan fingerprint density at radius 2 is 2.13 bits per heavy atom. The molecule has 0 aliphatic rings. The zero-order valence-electron chi connectivity index (χ0n) is 9.78. The number of thioether (sulfide) groups is 1. The van der Waals surface area contributed by atoms with E-state index in [0.717, 1.165) is 11.6 Å². The minimum atomic E-state index is 0.144. The fourth-order valence-corrected chi connectivity index (χ4v) is 1.59. The Morgan fingerprint density at radius 1 is 1.47 bits per heavy atom. The van der Waals surface area contributed by atoms with Gasteiger partial charge in [-0.25, -0.2) is 0 Å². The molecular formula is C10H19N3OS. The molecule has 1 atom stereocenters. The molecule has 15 heavy (non-hydrogen) atoms. The summed E-state index contributed by atoms with van der Waals surface area (Å²) < 4.78 is 5.35. The molecule has 4 nitrogen and oxygen atoms in total. The lowest BCUT2D eigenvalue weighted by atomic mass is 10.2. The second-order valence-electron chi connectivity index (χ2n) is 4.59. The summed E-state index contributed by atoms with van der Waals surface area (Å²) in [5.41, 5.74) is 5.52. The summed E-state index contributed by atoms with van der Waals surface area (Å²) in [6.45, 7) is 9.02. The highest BCUT2D eigenvalue weighted by molar-refractivity contribution is 7.99. The van der Waals surface area contributed by atoms with Crippen molar-refractivity contribution in [2.24, 2.45) is 5.73 Å². The van der Waals surface area contributed by atoms with Crippen LogP contribution >= 0.6 is 11.8 Å². The average molecular weight is 229 g/mol. The highest BCUT2D eigenvalue weighted by Crippen LogP contribution is 2.26. The molecule has 0 aliphatic carbocycles. The van der Waals surface area contributed by atoms with Crippen LogP contribution in [0.25, 0.3) is 0 Å². The molecule has 2 N–H and O–H groups in total. The first-order valence-electron chi connectivity index (χ1n) is 5.09. The van der Waals surface area contributed by atoms with Gasteiger partial charge in [0.2, 0.25) is 5.89 Å². The predicted molar refractivity (Wildman–Crippen MR) is 62.8 cm³/mol. The van der Waals surface area contributed by atoms with Crippen molar-refractivity contribution in [2.45, 2.75) is 44.1 Å². The van der Waals surface area contributed by atoms with E-state index in [1.807, 2.05) is 6.92 Å². The van der Waals surface area contributed by atoms with Crippen LogP contribution in [0.5, 0.6) is 0 Å². The first kappa shape index (κ1) is 12.5. The maximum absolute atomic E-state index is 5.52. The summed E-state index contributed by atoms with van der Waals surface area (Å²) in [5.74, 6) is 2.32. The van der Waals surface area contributed by atoms with Crippen molar-refractivity contribution in [3.63, 3.8) is 0 Å². The number of hydrogen-bond donors (Lipinski definition) is 1. The molecule has 0 fully saturated rings. The van der Waals surface area contributed by atoms with E-state index < -0.39 is 0 Å². The predicted octanol–water partition coefficient (Wildman–Crippen LogP) is 2.16. The highest BCUT2D eigenvalue weighted by Gasteiger charge is 2.15. The van der Waals surface area contributed by atoms with Crippen LogP contribution in [0.15, 0.2) is 4.52 Å². The Hall–Kier alpha value is -0.550. The van der Waals surface area contributed by atoms with E-state index in [-0.39, 0.29) is 10.7 Å². The first-order valence-corrected chi connectivity index (χ1v) is 6.07. The zero-order valence-corrected chi connectivity index (χ0v) is 10.6. The van der Waals surface area contributed by atoms with Gasteiger partial charge >= 0.3 is 0 Å². The second-order valence-corrected chi connectivity index (χ2v) is 6.39. The Labute approximate surface area is 95.0 Å². The van der Waals surface area contributed by atoms with Crippen molar-refractivity contribution >= 4 is 11.8 Å². The molecule has 5 heteroatoms. The Balaban J connectivity index is 2.53. The molecule has 0 saturated carbocycles. The third kappa shape index (κ3) is 4.22. The molecule has 0 bridgehead atoms. The van der Waals surface area contributed by atoms with Gasteiger partial charge in [0, 0.05) is 17.2 Å². The van der Waals surface area contributed by atoms with Gasteiger partial charge in [0.25, 0.3) is 0 Å². The van der Waals surface area contributed by atoms with Crippen molar-refractivity contribution in [3.05, 3.63) is 11.7 Å². The van der Waals surface area contributed by atoms with Crippen molar-refractivity contribution in [1.29, 1.82) is 0 Å². The molecular weight excluding hydrogens is 210 g/mol. The smallest absolute Gasteiger partial charge is 0.230 e. The van der Waals surface area contributed by atoms with Gasteiger partial charge in [-0.1, -0.05) is 32.9 Å². The normalized spacial score (nSPS) is 14.2. The monoisotopic (exact) mass is 229 g/mol. The van der Waals surface area contributed by atoms with Crippen LogP contribution in [0, 0.1) is 0 Å². The zero-order chi connectivity index (χ0) is 11.5. The summed E-state index contributed by atoms with van der Waals surface area (Å²) in [6.07, 6.45) is 0. The van der Waals surface area contributed by atoms with Crippen LogP contribution in [0.1, 0.15) is 45.3 Å². The van der Waals surface area contributed by atoms with Crippen LogP contribution in [-0.4, -0.2) is 21.4 Å². The topological polar surface area (TPSA) is 64.9 Å². The largest absolute Gasteiger partial charge is 0.339 e. The molecule has 1 aromatic heterocycles. The van der Waals surface area contributed by atoms with Crippen molar-refractivity contribution in [2.75, 3.05) is 6.54 Å². The van der Waals surface area contributed by atoms with E-state index in [1.54, 1.807) is 11.8 Å². The third-order valence-corrected chi connectivity index (χ3v) is 3.16. The lowest BCUT2D eigenvalue weighted by Crippen LogP contribution is -2.09. The maximum Gasteiger partial charge on any atom is 0.230 e. The summed E-state index contributed by atoms with van der Waals surface area (Å²) in [6, 6.07) is 0. The molecule has 0 spiro atoms. The third-order valence-electron chi connectivity index (χ3n) is 1.89. The SMILES string of the molecule is CC(CN)c1nc(CSC(C)(C)C)no1. The molecule has 0 amide bonds. The molecule has 1 unspecified atom stereocenters. The molecule has 0 radical (unpaired) electrons. The van der Waals surface area contributed by atoms with Gasteiger partial charge in [0.05, 0.1) is 5.75 Å². The summed E-state index contributed by atoms with van der Waals surface area (Å²) in [5, 5.41) is 3.93. The second kappa shape index (κ2) is 4.99. The van der Waals surface area contributed by atoms with Crippen LogP contribution in [-0.2, 0) is 5.75 Å². The van der Waals surface area contributed by atoms with E-state index in [9.17, 15) is 0 Å². The van der Waals surface area contributed by atoms with Crippen molar-refractivity contribution in [3.8, 4) is 0 Å². The Morgan fingerprint density at radius 3 is 2.67 bits per heavy atom. The summed E-state index contributed by atoms with van der Waals surface area (Å²) in [7, 11) is 0. The van der Waals surface area contributed by atoms with Crippen molar-refractivity contribution in [1.82, 2.24) is 10.1 Å². The Bertz CT molecular complexity index is 306. The van der Waals surface area contributed by atoms with Crippen LogP contribution in [0.2, 0.25) is 0 Å². The number of rotatable bonds is 4. The molecule has 0 aromatic carbocycles. The van der Waals surface area contributed by atoms with Crippen LogP contribution in [0.4, 0.5) is 0 Å². The van der Waals surface area contributed by atoms with E-state index in [1.165, 1.54) is 0 Å². The van der Waals surface area contributed by atoms with E-state index >= 15 is 0 Å². The molecule has 1 rings (SSSR count). The van der Waals surface area contributed by atoms with Crippen LogP contribution < -0.4 is 5.73 Å². The maximum atomic E-state index is 5.52. The van der Waals surface area contributed by atoms with Gasteiger partial charge in [-0.05, 0) is 0 Å². The lowest BCUT2D eigenvalue weighted by Gasteiger charge is -2.15.